The van der Waals surface area contributed by atoms with E-state index in [-0.39, 0.29) is 19.3 Å². The van der Waals surface area contributed by atoms with Gasteiger partial charge < -0.3 is 33.3 Å². The third-order valence-corrected chi connectivity index (χ3v) is 6.57. The van der Waals surface area contributed by atoms with Crippen molar-refractivity contribution in [3.63, 3.8) is 0 Å². The molecule has 192 valence electrons. The zero-order chi connectivity index (χ0) is 25.9. The Labute approximate surface area is 214 Å². The van der Waals surface area contributed by atoms with Crippen molar-refractivity contribution < 1.29 is 38.0 Å². The van der Waals surface area contributed by atoms with Gasteiger partial charge in [-0.05, 0) is 72.1 Å². The Morgan fingerprint density at radius 3 is 2.32 bits per heavy atom. The van der Waals surface area contributed by atoms with Gasteiger partial charge in [-0.1, -0.05) is 0 Å². The largest absolute Gasteiger partial charge is 0.493 e. The number of methoxy groups -OCH3 is 3. The van der Waals surface area contributed by atoms with Gasteiger partial charge >= 0.3 is 5.97 Å². The minimum atomic E-state index is -0.422. The predicted octanol–water partition coefficient (Wildman–Crippen LogP) is 4.04. The van der Waals surface area contributed by atoms with E-state index < -0.39 is 12.0 Å². The molecule has 3 aromatic carbocycles. The summed E-state index contributed by atoms with van der Waals surface area (Å²) in [6, 6.07) is 15.3. The molecule has 9 nitrogen and oxygen atoms in total. The number of ether oxygens (including phenoxy) is 6. The van der Waals surface area contributed by atoms with Crippen LogP contribution in [0.4, 0.5) is 0 Å². The van der Waals surface area contributed by atoms with Crippen LogP contribution in [0.1, 0.15) is 37.9 Å². The van der Waals surface area contributed by atoms with Gasteiger partial charge in [0.2, 0.25) is 6.79 Å². The molecule has 37 heavy (non-hydrogen) atoms. The summed E-state index contributed by atoms with van der Waals surface area (Å²) >= 11 is 0. The van der Waals surface area contributed by atoms with E-state index in [1.807, 2.05) is 12.1 Å². The number of nitrogens with zero attached hydrogens (tertiary/aromatic N) is 1. The predicted molar refractivity (Wildman–Crippen MR) is 133 cm³/mol. The van der Waals surface area contributed by atoms with Crippen molar-refractivity contribution in [1.82, 2.24) is 4.90 Å². The standard InChI is InChI=1S/C28H27NO8/c1-32-24-12-18-10-11-29(27(30)19-6-9-23-26(13-19)37-16-36-23)22(21(18)14-25(24)33-2)15-35-20-7-4-17(5-8-20)28(31)34-3/h4-9,12-14,22H,10-11,15-16H2,1-3H3. The second-order valence-electron chi connectivity index (χ2n) is 8.57. The summed E-state index contributed by atoms with van der Waals surface area (Å²) in [5.74, 6) is 2.38. The number of amides is 1. The molecule has 0 aromatic heterocycles. The number of benzene rings is 3. The molecule has 1 amide bonds. The van der Waals surface area contributed by atoms with E-state index in [0.29, 0.717) is 52.8 Å². The number of carbonyl (C=O) groups is 2. The summed E-state index contributed by atoms with van der Waals surface area (Å²) in [4.78, 5) is 27.3. The highest BCUT2D eigenvalue weighted by molar-refractivity contribution is 5.95. The molecule has 0 saturated heterocycles. The van der Waals surface area contributed by atoms with Gasteiger partial charge in [-0.3, -0.25) is 4.79 Å². The monoisotopic (exact) mass is 505 g/mol. The van der Waals surface area contributed by atoms with E-state index in [2.05, 4.69) is 0 Å². The summed E-state index contributed by atoms with van der Waals surface area (Å²) in [5.41, 5.74) is 2.90. The molecule has 0 aliphatic carbocycles. The molecular formula is C28H27NO8. The lowest BCUT2D eigenvalue weighted by Crippen LogP contribution is -2.42. The number of hydrogen-bond acceptors (Lipinski definition) is 8. The van der Waals surface area contributed by atoms with Crippen LogP contribution in [0, 0.1) is 0 Å². The van der Waals surface area contributed by atoms with Gasteiger partial charge in [-0.25, -0.2) is 4.79 Å². The Balaban J connectivity index is 1.46. The third-order valence-electron chi connectivity index (χ3n) is 6.57. The number of carbonyl (C=O) groups excluding carboxylic acids is 2. The van der Waals surface area contributed by atoms with Gasteiger partial charge in [-0.2, -0.15) is 0 Å². The van der Waals surface area contributed by atoms with Gasteiger partial charge in [0.25, 0.3) is 5.91 Å². The maximum atomic E-state index is 13.7. The molecule has 0 bridgehead atoms. The van der Waals surface area contributed by atoms with Crippen molar-refractivity contribution in [1.29, 1.82) is 0 Å². The first-order valence-electron chi connectivity index (χ1n) is 11.8. The average Bonchev–Trinajstić information content (AvgIpc) is 3.42. The Morgan fingerprint density at radius 1 is 0.892 bits per heavy atom. The molecule has 3 aromatic rings. The molecule has 2 aliphatic rings. The lowest BCUT2D eigenvalue weighted by Gasteiger charge is -2.37. The highest BCUT2D eigenvalue weighted by Crippen LogP contribution is 2.40. The lowest BCUT2D eigenvalue weighted by atomic mass is 9.91. The summed E-state index contributed by atoms with van der Waals surface area (Å²) in [5, 5.41) is 0. The smallest absolute Gasteiger partial charge is 0.337 e. The number of hydrogen-bond donors (Lipinski definition) is 0. The van der Waals surface area contributed by atoms with Crippen molar-refractivity contribution in [2.75, 3.05) is 41.3 Å². The fourth-order valence-electron chi connectivity index (χ4n) is 4.63. The van der Waals surface area contributed by atoms with Crippen LogP contribution in [0.5, 0.6) is 28.7 Å². The van der Waals surface area contributed by atoms with Crippen molar-refractivity contribution in [3.05, 3.63) is 76.9 Å². The molecule has 2 heterocycles. The van der Waals surface area contributed by atoms with Crippen molar-refractivity contribution in [2.24, 2.45) is 0 Å². The van der Waals surface area contributed by atoms with Gasteiger partial charge in [-0.15, -0.1) is 0 Å². The third kappa shape index (κ3) is 4.72. The van der Waals surface area contributed by atoms with Crippen LogP contribution in [-0.4, -0.2) is 58.1 Å². The maximum absolute atomic E-state index is 13.7. The Bertz CT molecular complexity index is 1320. The molecule has 0 fully saturated rings. The first kappa shape index (κ1) is 24.3. The molecule has 0 radical (unpaired) electrons. The van der Waals surface area contributed by atoms with E-state index in [1.54, 1.807) is 61.6 Å². The van der Waals surface area contributed by atoms with E-state index >= 15 is 0 Å². The Morgan fingerprint density at radius 2 is 1.59 bits per heavy atom. The quantitative estimate of drug-likeness (QED) is 0.445. The molecule has 5 rings (SSSR count). The van der Waals surface area contributed by atoms with Crippen LogP contribution < -0.4 is 23.7 Å². The topological polar surface area (TPSA) is 92.8 Å². The molecule has 2 aliphatic heterocycles. The zero-order valence-corrected chi connectivity index (χ0v) is 20.8. The molecule has 0 saturated carbocycles. The fraction of sp³-hybridized carbons (Fsp3) is 0.286. The minimum absolute atomic E-state index is 0.136. The van der Waals surface area contributed by atoms with Gasteiger partial charge in [0.15, 0.2) is 23.0 Å². The fourth-order valence-corrected chi connectivity index (χ4v) is 4.63. The zero-order valence-electron chi connectivity index (χ0n) is 20.8. The molecule has 1 unspecified atom stereocenters. The summed E-state index contributed by atoms with van der Waals surface area (Å²) in [6.45, 7) is 0.818. The molecule has 1 atom stereocenters. The van der Waals surface area contributed by atoms with Crippen molar-refractivity contribution in [2.45, 2.75) is 12.5 Å². The highest BCUT2D eigenvalue weighted by atomic mass is 16.7. The van der Waals surface area contributed by atoms with E-state index in [9.17, 15) is 9.59 Å². The average molecular weight is 506 g/mol. The van der Waals surface area contributed by atoms with Crippen molar-refractivity contribution in [3.8, 4) is 28.7 Å². The lowest BCUT2D eigenvalue weighted by molar-refractivity contribution is 0.0582. The molecule has 0 spiro atoms. The first-order valence-corrected chi connectivity index (χ1v) is 11.8. The van der Waals surface area contributed by atoms with Crippen LogP contribution in [0.15, 0.2) is 54.6 Å². The second-order valence-corrected chi connectivity index (χ2v) is 8.57. The first-order chi connectivity index (χ1) is 18.0. The SMILES string of the molecule is COC(=O)c1ccc(OCC2c3cc(OC)c(OC)cc3CCN2C(=O)c2ccc3c(c2)OCO3)cc1. The maximum Gasteiger partial charge on any atom is 0.337 e. The normalized spacial score (nSPS) is 15.5. The number of fused-ring (bicyclic) bond motifs is 2. The summed E-state index contributed by atoms with van der Waals surface area (Å²) in [7, 11) is 4.51. The number of rotatable bonds is 7. The van der Waals surface area contributed by atoms with Gasteiger partial charge in [0, 0.05) is 12.1 Å². The molecular weight excluding hydrogens is 478 g/mol. The minimum Gasteiger partial charge on any atom is -0.493 e. The van der Waals surface area contributed by atoms with E-state index in [1.165, 1.54) is 7.11 Å². The van der Waals surface area contributed by atoms with E-state index in [0.717, 1.165) is 11.1 Å². The van der Waals surface area contributed by atoms with E-state index in [4.69, 9.17) is 28.4 Å². The van der Waals surface area contributed by atoms with Crippen LogP contribution in [0.25, 0.3) is 0 Å². The Kier molecular flexibility index (Phi) is 6.76. The van der Waals surface area contributed by atoms with Crippen LogP contribution >= 0.6 is 0 Å². The van der Waals surface area contributed by atoms with Crippen molar-refractivity contribution >= 4 is 11.9 Å². The van der Waals surface area contributed by atoms with Gasteiger partial charge in [0.1, 0.15) is 12.4 Å². The molecule has 9 heteroatoms. The van der Waals surface area contributed by atoms with Crippen LogP contribution in [0.3, 0.4) is 0 Å². The van der Waals surface area contributed by atoms with Gasteiger partial charge in [0.05, 0.1) is 32.9 Å². The second kappa shape index (κ2) is 10.3. The Hall–Kier alpha value is -4.40. The summed E-state index contributed by atoms with van der Waals surface area (Å²) in [6.07, 6.45) is 0.649. The van der Waals surface area contributed by atoms with Crippen LogP contribution in [-0.2, 0) is 11.2 Å². The highest BCUT2D eigenvalue weighted by Gasteiger charge is 2.34. The van der Waals surface area contributed by atoms with Crippen LogP contribution in [0.2, 0.25) is 0 Å². The summed E-state index contributed by atoms with van der Waals surface area (Å²) < 4.78 is 32.8. The number of esters is 1. The molecule has 0 N–H and O–H groups in total.